The number of carboxylic acids is 1. The summed E-state index contributed by atoms with van der Waals surface area (Å²) in [5, 5.41) is 14.4. The number of carboxylic acid groups (broad SMARTS) is 1. The molecule has 0 aromatic heterocycles. The lowest BCUT2D eigenvalue weighted by molar-refractivity contribution is -0.138. The molecule has 0 aliphatic carbocycles. The first kappa shape index (κ1) is 18.6. The summed E-state index contributed by atoms with van der Waals surface area (Å²) in [5.41, 5.74) is 0.403. The van der Waals surface area contributed by atoms with E-state index < -0.39 is 23.6 Å². The van der Waals surface area contributed by atoms with Crippen molar-refractivity contribution in [2.75, 3.05) is 13.1 Å². The van der Waals surface area contributed by atoms with E-state index in [-0.39, 0.29) is 25.3 Å². The minimum absolute atomic E-state index is 0.00863. The Morgan fingerprint density at radius 3 is 2.17 bits per heavy atom. The molecule has 0 aliphatic heterocycles. The first-order chi connectivity index (χ1) is 10.9. The standard InChI is InChI=1S/C16H21FN2O4/c1-2-9-18-14(20)7-8-15(21)19-10-13(16(22)23)11-3-5-12(17)6-4-11/h3-6,13H,2,7-10H2,1H3,(H,18,20)(H,19,21)(H,22,23). The van der Waals surface area contributed by atoms with Crippen LogP contribution in [-0.4, -0.2) is 36.0 Å². The Hall–Kier alpha value is -2.44. The molecule has 0 saturated heterocycles. The molecule has 1 rings (SSSR count). The molecule has 1 aromatic carbocycles. The highest BCUT2D eigenvalue weighted by Gasteiger charge is 2.20. The van der Waals surface area contributed by atoms with Gasteiger partial charge in [0, 0.05) is 25.9 Å². The van der Waals surface area contributed by atoms with Crippen LogP contribution in [0, 0.1) is 5.82 Å². The third-order valence-electron chi connectivity index (χ3n) is 3.23. The van der Waals surface area contributed by atoms with Crippen LogP contribution in [0.5, 0.6) is 0 Å². The van der Waals surface area contributed by atoms with E-state index in [0.717, 1.165) is 6.42 Å². The van der Waals surface area contributed by atoms with Crippen molar-refractivity contribution < 1.29 is 23.9 Å². The lowest BCUT2D eigenvalue weighted by Gasteiger charge is -2.14. The summed E-state index contributed by atoms with van der Waals surface area (Å²) in [4.78, 5) is 34.3. The smallest absolute Gasteiger partial charge is 0.312 e. The van der Waals surface area contributed by atoms with Crippen LogP contribution in [0.4, 0.5) is 4.39 Å². The third-order valence-corrected chi connectivity index (χ3v) is 3.23. The van der Waals surface area contributed by atoms with Crippen LogP contribution in [0.3, 0.4) is 0 Å². The molecule has 0 fully saturated rings. The monoisotopic (exact) mass is 324 g/mol. The fourth-order valence-corrected chi connectivity index (χ4v) is 1.93. The van der Waals surface area contributed by atoms with Crippen LogP contribution in [0.2, 0.25) is 0 Å². The van der Waals surface area contributed by atoms with Crippen LogP contribution >= 0.6 is 0 Å². The molecule has 0 aliphatic rings. The minimum Gasteiger partial charge on any atom is -0.481 e. The number of rotatable bonds is 9. The lowest BCUT2D eigenvalue weighted by Crippen LogP contribution is -2.33. The number of amides is 2. The molecule has 1 unspecified atom stereocenters. The highest BCUT2D eigenvalue weighted by atomic mass is 19.1. The van der Waals surface area contributed by atoms with Gasteiger partial charge < -0.3 is 15.7 Å². The summed E-state index contributed by atoms with van der Waals surface area (Å²) >= 11 is 0. The number of hydrogen-bond donors (Lipinski definition) is 3. The van der Waals surface area contributed by atoms with E-state index in [2.05, 4.69) is 10.6 Å². The van der Waals surface area contributed by atoms with E-state index in [0.29, 0.717) is 12.1 Å². The molecule has 126 valence electrons. The molecule has 23 heavy (non-hydrogen) atoms. The summed E-state index contributed by atoms with van der Waals surface area (Å²) in [7, 11) is 0. The zero-order chi connectivity index (χ0) is 17.2. The van der Waals surface area contributed by atoms with E-state index in [9.17, 15) is 23.9 Å². The molecule has 0 radical (unpaired) electrons. The summed E-state index contributed by atoms with van der Waals surface area (Å²) in [6, 6.07) is 5.09. The molecule has 3 N–H and O–H groups in total. The SMILES string of the molecule is CCCNC(=O)CCC(=O)NCC(C(=O)O)c1ccc(F)cc1. The quantitative estimate of drug-likeness (QED) is 0.640. The molecule has 7 heteroatoms. The first-order valence-electron chi connectivity index (χ1n) is 7.45. The van der Waals surface area contributed by atoms with Gasteiger partial charge in [-0.25, -0.2) is 4.39 Å². The van der Waals surface area contributed by atoms with Crippen molar-refractivity contribution in [3.05, 3.63) is 35.6 Å². The van der Waals surface area contributed by atoms with Gasteiger partial charge in [0.15, 0.2) is 0 Å². The van der Waals surface area contributed by atoms with Gasteiger partial charge in [0.05, 0.1) is 5.92 Å². The second kappa shape index (κ2) is 9.55. The molecule has 2 amide bonds. The number of nitrogens with one attached hydrogen (secondary N) is 2. The maximum atomic E-state index is 12.9. The van der Waals surface area contributed by atoms with Gasteiger partial charge in [-0.15, -0.1) is 0 Å². The van der Waals surface area contributed by atoms with Crippen molar-refractivity contribution in [2.45, 2.75) is 32.1 Å². The Morgan fingerprint density at radius 1 is 1.09 bits per heavy atom. The molecule has 0 heterocycles. The number of hydrogen-bond acceptors (Lipinski definition) is 3. The topological polar surface area (TPSA) is 95.5 Å². The van der Waals surface area contributed by atoms with E-state index >= 15 is 0 Å². The molecule has 1 aromatic rings. The van der Waals surface area contributed by atoms with Gasteiger partial charge in [-0.2, -0.15) is 0 Å². The highest BCUT2D eigenvalue weighted by Crippen LogP contribution is 2.16. The number of carbonyl (C=O) groups excluding carboxylic acids is 2. The van der Waals surface area contributed by atoms with Crippen molar-refractivity contribution in [2.24, 2.45) is 0 Å². The number of halogens is 1. The fraction of sp³-hybridized carbons (Fsp3) is 0.438. The zero-order valence-electron chi connectivity index (χ0n) is 13.0. The number of benzene rings is 1. The van der Waals surface area contributed by atoms with Crippen molar-refractivity contribution in [1.29, 1.82) is 0 Å². The van der Waals surface area contributed by atoms with Crippen molar-refractivity contribution in [3.8, 4) is 0 Å². The van der Waals surface area contributed by atoms with Gasteiger partial charge in [0.1, 0.15) is 5.82 Å². The van der Waals surface area contributed by atoms with Crippen molar-refractivity contribution >= 4 is 17.8 Å². The van der Waals surface area contributed by atoms with Gasteiger partial charge in [-0.05, 0) is 24.1 Å². The lowest BCUT2D eigenvalue weighted by atomic mass is 9.99. The Morgan fingerprint density at radius 2 is 1.65 bits per heavy atom. The second-order valence-electron chi connectivity index (χ2n) is 5.10. The molecule has 0 bridgehead atoms. The normalized spacial score (nSPS) is 11.6. The number of aliphatic carboxylic acids is 1. The van der Waals surface area contributed by atoms with Crippen molar-refractivity contribution in [1.82, 2.24) is 10.6 Å². The van der Waals surface area contributed by atoms with Crippen LogP contribution in [0.1, 0.15) is 37.7 Å². The van der Waals surface area contributed by atoms with Crippen LogP contribution in [-0.2, 0) is 14.4 Å². The fourth-order valence-electron chi connectivity index (χ4n) is 1.93. The summed E-state index contributed by atoms with van der Waals surface area (Å²) in [6.07, 6.45) is 0.862. The largest absolute Gasteiger partial charge is 0.481 e. The third kappa shape index (κ3) is 6.90. The second-order valence-corrected chi connectivity index (χ2v) is 5.10. The summed E-state index contributed by atoms with van der Waals surface area (Å²) in [6.45, 7) is 2.37. The summed E-state index contributed by atoms with van der Waals surface area (Å²) < 4.78 is 12.9. The van der Waals surface area contributed by atoms with E-state index in [1.165, 1.54) is 24.3 Å². The molecular weight excluding hydrogens is 303 g/mol. The Bertz CT molecular complexity index is 546. The minimum atomic E-state index is -1.11. The Labute approximate surface area is 134 Å². The Balaban J connectivity index is 2.46. The molecule has 0 spiro atoms. The zero-order valence-corrected chi connectivity index (χ0v) is 13.0. The maximum absolute atomic E-state index is 12.9. The predicted molar refractivity (Wildman–Crippen MR) is 82.3 cm³/mol. The first-order valence-corrected chi connectivity index (χ1v) is 7.45. The van der Waals surface area contributed by atoms with Crippen LogP contribution in [0.15, 0.2) is 24.3 Å². The van der Waals surface area contributed by atoms with Gasteiger partial charge in [0.25, 0.3) is 0 Å². The van der Waals surface area contributed by atoms with Crippen LogP contribution in [0.25, 0.3) is 0 Å². The number of carbonyl (C=O) groups is 3. The van der Waals surface area contributed by atoms with E-state index in [4.69, 9.17) is 0 Å². The van der Waals surface area contributed by atoms with E-state index in [1.807, 2.05) is 6.92 Å². The average molecular weight is 324 g/mol. The van der Waals surface area contributed by atoms with Crippen molar-refractivity contribution in [3.63, 3.8) is 0 Å². The van der Waals surface area contributed by atoms with E-state index in [1.54, 1.807) is 0 Å². The van der Waals surface area contributed by atoms with Gasteiger partial charge in [-0.1, -0.05) is 19.1 Å². The Kier molecular flexibility index (Phi) is 7.73. The molecule has 1 atom stereocenters. The molecule has 6 nitrogen and oxygen atoms in total. The highest BCUT2D eigenvalue weighted by molar-refractivity contribution is 5.84. The predicted octanol–water partition coefficient (Wildman–Crippen LogP) is 1.42. The van der Waals surface area contributed by atoms with Gasteiger partial charge in [0.2, 0.25) is 11.8 Å². The van der Waals surface area contributed by atoms with Gasteiger partial charge >= 0.3 is 5.97 Å². The van der Waals surface area contributed by atoms with Gasteiger partial charge in [-0.3, -0.25) is 14.4 Å². The van der Waals surface area contributed by atoms with Crippen LogP contribution < -0.4 is 10.6 Å². The summed E-state index contributed by atoms with van der Waals surface area (Å²) in [5.74, 6) is -3.15. The average Bonchev–Trinajstić information content (AvgIpc) is 2.52. The maximum Gasteiger partial charge on any atom is 0.312 e. The molecule has 0 saturated carbocycles. The molecular formula is C16H21FN2O4.